The van der Waals surface area contributed by atoms with Crippen molar-refractivity contribution in [3.05, 3.63) is 40.7 Å². The van der Waals surface area contributed by atoms with E-state index in [9.17, 15) is 0 Å². The van der Waals surface area contributed by atoms with Crippen LogP contribution < -0.4 is 10.1 Å². The lowest BCUT2D eigenvalue weighted by Crippen LogP contribution is -2.08. The molecular formula is C12H15ClN4O. The Kier molecular flexibility index (Phi) is 4.17. The van der Waals surface area contributed by atoms with E-state index in [1.165, 1.54) is 0 Å². The quantitative estimate of drug-likeness (QED) is 0.896. The second-order valence-electron chi connectivity index (χ2n) is 3.93. The molecule has 0 unspecified atom stereocenters. The van der Waals surface area contributed by atoms with Gasteiger partial charge < -0.3 is 10.1 Å². The lowest BCUT2D eigenvalue weighted by molar-refractivity contribution is 0.297. The number of aromatic nitrogens is 3. The molecule has 2 rings (SSSR count). The predicted molar refractivity (Wildman–Crippen MR) is 69.6 cm³/mol. The highest BCUT2D eigenvalue weighted by Gasteiger charge is 2.09. The maximum absolute atomic E-state index is 6.14. The molecule has 96 valence electrons. The summed E-state index contributed by atoms with van der Waals surface area (Å²) in [5.74, 6) is 0.694. The first-order chi connectivity index (χ1) is 8.70. The van der Waals surface area contributed by atoms with E-state index >= 15 is 0 Å². The number of nitrogens with one attached hydrogen (secondary N) is 1. The van der Waals surface area contributed by atoms with E-state index in [1.54, 1.807) is 4.68 Å². The first-order valence-electron chi connectivity index (χ1n) is 5.60. The number of benzene rings is 1. The van der Waals surface area contributed by atoms with Gasteiger partial charge in [-0.05, 0) is 13.1 Å². The molecule has 0 spiro atoms. The van der Waals surface area contributed by atoms with Crippen molar-refractivity contribution < 1.29 is 4.74 Å². The Morgan fingerprint density at radius 2 is 2.28 bits per heavy atom. The van der Waals surface area contributed by atoms with E-state index in [2.05, 4.69) is 15.6 Å². The first kappa shape index (κ1) is 12.9. The zero-order valence-corrected chi connectivity index (χ0v) is 11.1. The summed E-state index contributed by atoms with van der Waals surface area (Å²) in [4.78, 5) is 0. The molecule has 0 aliphatic rings. The van der Waals surface area contributed by atoms with Crippen LogP contribution in [0.5, 0.6) is 5.75 Å². The van der Waals surface area contributed by atoms with Crippen LogP contribution in [0.15, 0.2) is 24.4 Å². The molecule has 1 aromatic carbocycles. The second-order valence-corrected chi connectivity index (χ2v) is 4.34. The molecule has 1 heterocycles. The minimum atomic E-state index is 0.355. The smallest absolute Gasteiger partial charge is 0.142 e. The maximum atomic E-state index is 6.14. The average Bonchev–Trinajstić information content (AvgIpc) is 2.75. The number of halogens is 1. The van der Waals surface area contributed by atoms with Gasteiger partial charge >= 0.3 is 0 Å². The molecule has 0 saturated carbocycles. The zero-order valence-electron chi connectivity index (χ0n) is 10.4. The fourth-order valence-electron chi connectivity index (χ4n) is 1.65. The minimum Gasteiger partial charge on any atom is -0.485 e. The number of ether oxygens (including phenoxy) is 1. The summed E-state index contributed by atoms with van der Waals surface area (Å²) in [5.41, 5.74) is 1.79. The average molecular weight is 267 g/mol. The largest absolute Gasteiger partial charge is 0.485 e. The van der Waals surface area contributed by atoms with Gasteiger partial charge in [-0.15, -0.1) is 5.10 Å². The SMILES string of the molecule is CNCc1cccc(Cl)c1OCc1cn(C)nn1. The molecule has 0 fully saturated rings. The van der Waals surface area contributed by atoms with E-state index in [0.29, 0.717) is 23.9 Å². The van der Waals surface area contributed by atoms with Gasteiger partial charge in [0.25, 0.3) is 0 Å². The molecule has 0 aliphatic carbocycles. The highest BCUT2D eigenvalue weighted by Crippen LogP contribution is 2.29. The fraction of sp³-hybridized carbons (Fsp3) is 0.333. The summed E-state index contributed by atoms with van der Waals surface area (Å²) in [6.07, 6.45) is 1.81. The third-order valence-electron chi connectivity index (χ3n) is 2.43. The van der Waals surface area contributed by atoms with Gasteiger partial charge in [0.1, 0.15) is 18.1 Å². The number of rotatable bonds is 5. The molecule has 0 bridgehead atoms. The molecule has 0 amide bonds. The molecular weight excluding hydrogens is 252 g/mol. The standard InChI is InChI=1S/C12H15ClN4O/c1-14-6-9-4-3-5-11(13)12(9)18-8-10-7-17(2)16-15-10/h3-5,7,14H,6,8H2,1-2H3. The summed E-state index contributed by atoms with van der Waals surface area (Å²) in [6.45, 7) is 1.06. The van der Waals surface area contributed by atoms with Crippen LogP contribution in [0.25, 0.3) is 0 Å². The van der Waals surface area contributed by atoms with Crippen LogP contribution in [0.3, 0.4) is 0 Å². The second kappa shape index (κ2) is 5.84. The first-order valence-corrected chi connectivity index (χ1v) is 5.98. The summed E-state index contributed by atoms with van der Waals surface area (Å²) in [5, 5.41) is 11.5. The number of hydrogen-bond donors (Lipinski definition) is 1. The Bertz CT molecular complexity index is 527. The molecule has 0 radical (unpaired) electrons. The summed E-state index contributed by atoms with van der Waals surface area (Å²) < 4.78 is 7.37. The van der Waals surface area contributed by atoms with E-state index in [1.807, 2.05) is 38.5 Å². The molecule has 1 aromatic heterocycles. The third kappa shape index (κ3) is 3.00. The van der Waals surface area contributed by atoms with Crippen LogP contribution in [-0.4, -0.2) is 22.0 Å². The Hall–Kier alpha value is -1.59. The molecule has 18 heavy (non-hydrogen) atoms. The number of hydrogen-bond acceptors (Lipinski definition) is 4. The van der Waals surface area contributed by atoms with Crippen molar-refractivity contribution in [3.63, 3.8) is 0 Å². The highest BCUT2D eigenvalue weighted by molar-refractivity contribution is 6.32. The predicted octanol–water partition coefficient (Wildman–Crippen LogP) is 1.77. The van der Waals surface area contributed by atoms with Gasteiger partial charge in [0.15, 0.2) is 0 Å². The van der Waals surface area contributed by atoms with Crippen LogP contribution in [0.2, 0.25) is 5.02 Å². The molecule has 0 aliphatic heterocycles. The fourth-order valence-corrected chi connectivity index (χ4v) is 1.90. The molecule has 1 N–H and O–H groups in total. The Labute approximate surface area is 111 Å². The van der Waals surface area contributed by atoms with Crippen LogP contribution in [-0.2, 0) is 20.2 Å². The number of nitrogens with zero attached hydrogens (tertiary/aromatic N) is 3. The minimum absolute atomic E-state index is 0.355. The van der Waals surface area contributed by atoms with Crippen molar-refractivity contribution >= 4 is 11.6 Å². The van der Waals surface area contributed by atoms with Crippen molar-refractivity contribution in [1.82, 2.24) is 20.3 Å². The van der Waals surface area contributed by atoms with E-state index in [-0.39, 0.29) is 0 Å². The zero-order chi connectivity index (χ0) is 13.0. The van der Waals surface area contributed by atoms with Gasteiger partial charge in [-0.3, -0.25) is 4.68 Å². The molecule has 2 aromatic rings. The monoisotopic (exact) mass is 266 g/mol. The van der Waals surface area contributed by atoms with Gasteiger partial charge in [0.2, 0.25) is 0 Å². The lowest BCUT2D eigenvalue weighted by Gasteiger charge is -2.11. The molecule has 5 nitrogen and oxygen atoms in total. The highest BCUT2D eigenvalue weighted by atomic mass is 35.5. The van der Waals surface area contributed by atoms with Crippen molar-refractivity contribution in [2.45, 2.75) is 13.2 Å². The Balaban J connectivity index is 2.12. The molecule has 6 heteroatoms. The summed E-state index contributed by atoms with van der Waals surface area (Å²) in [6, 6.07) is 5.70. The van der Waals surface area contributed by atoms with Crippen LogP contribution in [0.4, 0.5) is 0 Å². The molecule has 0 saturated heterocycles. The third-order valence-corrected chi connectivity index (χ3v) is 2.73. The van der Waals surface area contributed by atoms with Gasteiger partial charge in [0.05, 0.1) is 11.2 Å². The maximum Gasteiger partial charge on any atom is 0.142 e. The number of para-hydroxylation sites is 1. The normalized spacial score (nSPS) is 10.6. The van der Waals surface area contributed by atoms with Crippen molar-refractivity contribution in [2.24, 2.45) is 7.05 Å². The van der Waals surface area contributed by atoms with Crippen molar-refractivity contribution in [2.75, 3.05) is 7.05 Å². The van der Waals surface area contributed by atoms with E-state index in [0.717, 1.165) is 11.3 Å². The van der Waals surface area contributed by atoms with E-state index in [4.69, 9.17) is 16.3 Å². The molecule has 0 atom stereocenters. The van der Waals surface area contributed by atoms with Crippen molar-refractivity contribution in [1.29, 1.82) is 0 Å². The Morgan fingerprint density at radius 3 is 2.94 bits per heavy atom. The lowest BCUT2D eigenvalue weighted by atomic mass is 10.2. The summed E-state index contributed by atoms with van der Waals surface area (Å²) >= 11 is 6.14. The van der Waals surface area contributed by atoms with Gasteiger partial charge in [-0.2, -0.15) is 0 Å². The van der Waals surface area contributed by atoms with Gasteiger partial charge in [0, 0.05) is 19.2 Å². The number of aryl methyl sites for hydroxylation is 1. The van der Waals surface area contributed by atoms with Crippen molar-refractivity contribution in [3.8, 4) is 5.75 Å². The Morgan fingerprint density at radius 1 is 1.44 bits per heavy atom. The van der Waals surface area contributed by atoms with Gasteiger partial charge in [-0.25, -0.2) is 0 Å². The van der Waals surface area contributed by atoms with Crippen LogP contribution in [0.1, 0.15) is 11.3 Å². The summed E-state index contributed by atoms with van der Waals surface area (Å²) in [7, 11) is 3.70. The van der Waals surface area contributed by atoms with E-state index < -0.39 is 0 Å². The van der Waals surface area contributed by atoms with Crippen LogP contribution >= 0.6 is 11.6 Å². The van der Waals surface area contributed by atoms with Gasteiger partial charge in [-0.1, -0.05) is 28.9 Å². The topological polar surface area (TPSA) is 52.0 Å². The van der Waals surface area contributed by atoms with Crippen LogP contribution in [0, 0.1) is 0 Å².